The molecule has 10 aromatic rings. The molecule has 1 aliphatic heterocycles. The van der Waals surface area contributed by atoms with E-state index in [1.165, 1.54) is 72.4 Å². The molecule has 8 aromatic carbocycles. The van der Waals surface area contributed by atoms with E-state index in [0.29, 0.717) is 11.8 Å². The lowest BCUT2D eigenvalue weighted by atomic mass is 9.84. The van der Waals surface area contributed by atoms with Crippen molar-refractivity contribution < 1.29 is 4.74 Å². The minimum absolute atomic E-state index is 0.0298. The Morgan fingerprint density at radius 3 is 1.82 bits per heavy atom. The lowest BCUT2D eigenvalue weighted by Crippen LogP contribution is -2.41. The number of hydrogen-bond donors (Lipinski definition) is 0. The van der Waals surface area contributed by atoms with Gasteiger partial charge in [0.15, 0.2) is 0 Å². The highest BCUT2D eigenvalue weighted by molar-refractivity contribution is 6.09. The number of pyridine rings is 1. The van der Waals surface area contributed by atoms with Crippen molar-refractivity contribution in [2.45, 2.75) is 98.6 Å². The van der Waals surface area contributed by atoms with Gasteiger partial charge in [-0.15, -0.1) is 0 Å². The van der Waals surface area contributed by atoms with Gasteiger partial charge >= 0.3 is 0 Å². The van der Waals surface area contributed by atoms with Gasteiger partial charge in [-0.3, -0.25) is 4.57 Å². The van der Waals surface area contributed by atoms with Crippen LogP contribution in [-0.2, 0) is 11.8 Å². The number of anilines is 3. The van der Waals surface area contributed by atoms with Crippen LogP contribution < -0.4 is 14.5 Å². The van der Waals surface area contributed by atoms with Gasteiger partial charge in [0.25, 0.3) is 0 Å². The van der Waals surface area contributed by atoms with E-state index in [-0.39, 0.29) is 11.6 Å². The van der Waals surface area contributed by atoms with Crippen LogP contribution in [0, 0.1) is 6.92 Å². The van der Waals surface area contributed by atoms with Gasteiger partial charge in [0, 0.05) is 35.1 Å². The van der Waals surface area contributed by atoms with Crippen molar-refractivity contribution in [1.29, 1.82) is 0 Å². The first-order chi connectivity index (χ1) is 35.9. The molecule has 74 heavy (non-hydrogen) atoms. The quantitative estimate of drug-likeness (QED) is 0.115. The maximum Gasteiger partial charge on any atom is 0.137 e. The first-order valence-electron chi connectivity index (χ1n) is 26.7. The number of ether oxygens (including phenoxy) is 1. The molecule has 5 heteroatoms. The zero-order valence-electron chi connectivity index (χ0n) is 44.5. The summed E-state index contributed by atoms with van der Waals surface area (Å²) in [5.74, 6) is 3.16. The molecule has 1 aliphatic rings. The van der Waals surface area contributed by atoms with Gasteiger partial charge in [0.2, 0.25) is 0 Å². The largest absolute Gasteiger partial charge is 0.457 e. The monoisotopic (exact) mass is 969 g/mol. The van der Waals surface area contributed by atoms with E-state index in [1.54, 1.807) is 0 Å². The smallest absolute Gasteiger partial charge is 0.137 e. The highest BCUT2D eigenvalue weighted by atomic mass is 16.5. The van der Waals surface area contributed by atoms with Crippen molar-refractivity contribution in [3.05, 3.63) is 222 Å². The lowest BCUT2D eigenvalue weighted by molar-refractivity contribution is 0.479. The number of fused-ring (bicyclic) bond motifs is 4. The molecular weight excluding hydrogens is 901 g/mol. The Balaban J connectivity index is 1.06. The summed E-state index contributed by atoms with van der Waals surface area (Å²) in [5.41, 5.74) is 19.7. The summed E-state index contributed by atoms with van der Waals surface area (Å²) >= 11 is 0. The number of rotatable bonds is 13. The third kappa shape index (κ3) is 8.82. The zero-order valence-corrected chi connectivity index (χ0v) is 44.5. The first-order valence-corrected chi connectivity index (χ1v) is 26.7. The second-order valence-corrected chi connectivity index (χ2v) is 21.8. The number of hydrogen-bond acceptors (Lipinski definition) is 4. The Hall–Kier alpha value is -7.89. The minimum Gasteiger partial charge on any atom is -0.457 e. The molecule has 2 aromatic heterocycles. The van der Waals surface area contributed by atoms with Gasteiger partial charge in [0.05, 0.1) is 28.1 Å². The molecule has 0 aliphatic carbocycles. The highest BCUT2D eigenvalue weighted by Crippen LogP contribution is 2.51. The van der Waals surface area contributed by atoms with Crippen molar-refractivity contribution >= 4 is 38.9 Å². The van der Waals surface area contributed by atoms with E-state index in [0.717, 1.165) is 64.4 Å². The van der Waals surface area contributed by atoms with E-state index >= 15 is 0 Å². The number of para-hydroxylation sites is 3. The standard InChI is InChI=1S/C69H68N4O/c1-10-67-71(40-38-57-55(48-23-13-11-14-24-48)30-22-31-56(57)49-25-15-12-16-26-49)61-33-19-20-34-62(61)73(67)63-41-50(68-53(45(2)3)28-21-29-54(68)46(4)5)42-65(47(63)6)74-52-35-36-59-58-27-17-18-32-60(58)72(64(59)44-52)66-43-51(37-39-70-66)69(7,8)9/h11-37,39,41-46,67H,10,38,40H2,1-9H3. The summed E-state index contributed by atoms with van der Waals surface area (Å²) < 4.78 is 9.67. The molecular formula is C69H68N4O. The van der Waals surface area contributed by atoms with Gasteiger partial charge in [-0.1, -0.05) is 183 Å². The number of benzene rings is 8. The van der Waals surface area contributed by atoms with Crippen LogP contribution in [0.1, 0.15) is 101 Å². The summed E-state index contributed by atoms with van der Waals surface area (Å²) in [6.07, 6.45) is 3.77. The first kappa shape index (κ1) is 48.4. The van der Waals surface area contributed by atoms with Gasteiger partial charge in [0.1, 0.15) is 23.5 Å². The molecule has 0 radical (unpaired) electrons. The van der Waals surface area contributed by atoms with Crippen LogP contribution in [0.4, 0.5) is 17.1 Å². The highest BCUT2D eigenvalue weighted by Gasteiger charge is 2.37. The zero-order chi connectivity index (χ0) is 51.3. The van der Waals surface area contributed by atoms with E-state index in [1.807, 2.05) is 6.20 Å². The van der Waals surface area contributed by atoms with Crippen molar-refractivity contribution in [2.75, 3.05) is 16.3 Å². The van der Waals surface area contributed by atoms with Crippen LogP contribution in [0.2, 0.25) is 0 Å². The third-order valence-electron chi connectivity index (χ3n) is 15.4. The maximum atomic E-state index is 7.37. The number of nitrogens with zero attached hydrogens (tertiary/aromatic N) is 4. The summed E-state index contributed by atoms with van der Waals surface area (Å²) in [6.45, 7) is 21.5. The van der Waals surface area contributed by atoms with Crippen molar-refractivity contribution in [2.24, 2.45) is 0 Å². The fourth-order valence-corrected chi connectivity index (χ4v) is 11.7. The van der Waals surface area contributed by atoms with Crippen molar-refractivity contribution in [3.63, 3.8) is 0 Å². The fourth-order valence-electron chi connectivity index (χ4n) is 11.7. The molecule has 0 saturated carbocycles. The Bertz CT molecular complexity index is 3570. The molecule has 1 atom stereocenters. The van der Waals surface area contributed by atoms with E-state index in [9.17, 15) is 0 Å². The second kappa shape index (κ2) is 19.8. The Labute approximate surface area is 438 Å². The molecule has 0 saturated heterocycles. The second-order valence-electron chi connectivity index (χ2n) is 21.8. The third-order valence-corrected chi connectivity index (χ3v) is 15.4. The average Bonchev–Trinajstić information content (AvgIpc) is 3.93. The van der Waals surface area contributed by atoms with Crippen LogP contribution in [0.15, 0.2) is 194 Å². The predicted octanol–water partition coefficient (Wildman–Crippen LogP) is 18.8. The Kier molecular flexibility index (Phi) is 13.0. The summed E-state index contributed by atoms with van der Waals surface area (Å²) in [4.78, 5) is 10.3. The molecule has 11 rings (SSSR count). The van der Waals surface area contributed by atoms with Gasteiger partial charge in [-0.2, -0.15) is 0 Å². The van der Waals surface area contributed by atoms with Crippen LogP contribution in [0.5, 0.6) is 11.5 Å². The molecule has 3 heterocycles. The van der Waals surface area contributed by atoms with Crippen LogP contribution in [-0.4, -0.2) is 22.3 Å². The van der Waals surface area contributed by atoms with Gasteiger partial charge in [-0.05, 0) is 147 Å². The summed E-state index contributed by atoms with van der Waals surface area (Å²) in [6, 6.07) is 68.9. The van der Waals surface area contributed by atoms with Crippen molar-refractivity contribution in [1.82, 2.24) is 9.55 Å². The van der Waals surface area contributed by atoms with Gasteiger partial charge < -0.3 is 14.5 Å². The normalized spacial score (nSPS) is 13.7. The molecule has 0 N–H and O–H groups in total. The van der Waals surface area contributed by atoms with Crippen LogP contribution >= 0.6 is 0 Å². The van der Waals surface area contributed by atoms with E-state index in [4.69, 9.17) is 9.72 Å². The summed E-state index contributed by atoms with van der Waals surface area (Å²) in [5, 5.41) is 2.35. The Morgan fingerprint density at radius 2 is 1.18 bits per heavy atom. The molecule has 370 valence electrons. The summed E-state index contributed by atoms with van der Waals surface area (Å²) in [7, 11) is 0. The van der Waals surface area contributed by atoms with E-state index < -0.39 is 0 Å². The van der Waals surface area contributed by atoms with Crippen LogP contribution in [0.25, 0.3) is 61.0 Å². The van der Waals surface area contributed by atoms with Crippen LogP contribution in [0.3, 0.4) is 0 Å². The minimum atomic E-state index is -0.0298. The molecule has 0 fully saturated rings. The average molecular weight is 969 g/mol. The lowest BCUT2D eigenvalue weighted by Gasteiger charge is -2.34. The maximum absolute atomic E-state index is 7.37. The van der Waals surface area contributed by atoms with E-state index in [2.05, 4.69) is 265 Å². The molecule has 0 amide bonds. The van der Waals surface area contributed by atoms with Crippen molar-refractivity contribution in [3.8, 4) is 50.7 Å². The number of aromatic nitrogens is 2. The van der Waals surface area contributed by atoms with Gasteiger partial charge in [-0.25, -0.2) is 4.98 Å². The molecule has 0 bridgehead atoms. The molecule has 5 nitrogen and oxygen atoms in total. The molecule has 1 unspecified atom stereocenters. The SMILES string of the molecule is CCC1N(CCc2c(-c3ccccc3)cccc2-c2ccccc2)c2ccccc2N1c1cc(-c2c(C(C)C)cccc2C(C)C)cc(Oc2ccc3c4ccccc4n(-c4cc(C(C)(C)C)ccn4)c3c2)c1C. The topological polar surface area (TPSA) is 33.5 Å². The fraction of sp³-hybridized carbons (Fsp3) is 0.232. The Morgan fingerprint density at radius 1 is 0.568 bits per heavy atom. The predicted molar refractivity (Wildman–Crippen MR) is 313 cm³/mol. The molecule has 0 spiro atoms.